The van der Waals surface area contributed by atoms with Crippen LogP contribution < -0.4 is 9.47 Å². The number of non-ortho nitro benzene ring substituents is 1. The van der Waals surface area contributed by atoms with E-state index in [0.29, 0.717) is 22.6 Å². The molecule has 1 aliphatic rings. The van der Waals surface area contributed by atoms with Crippen molar-refractivity contribution in [2.75, 3.05) is 7.11 Å². The molecule has 0 spiro atoms. The van der Waals surface area contributed by atoms with E-state index in [1.54, 1.807) is 30.3 Å². The van der Waals surface area contributed by atoms with Crippen LogP contribution in [0.2, 0.25) is 5.02 Å². The van der Waals surface area contributed by atoms with Gasteiger partial charge in [0.15, 0.2) is 17.2 Å². The number of ether oxygens (including phenoxy) is 3. The predicted octanol–water partition coefficient (Wildman–Crippen LogP) is 5.32. The Morgan fingerprint density at radius 1 is 1.15 bits per heavy atom. The van der Waals surface area contributed by atoms with Crippen LogP contribution in [-0.4, -0.2) is 23.9 Å². The average molecular weight is 483 g/mol. The fourth-order valence-electron chi connectivity index (χ4n) is 3.15. The van der Waals surface area contributed by atoms with Gasteiger partial charge in [-0.1, -0.05) is 29.8 Å². The van der Waals surface area contributed by atoms with Crippen molar-refractivity contribution >= 4 is 35.2 Å². The average Bonchev–Trinajstić information content (AvgIpc) is 3.17. The van der Waals surface area contributed by atoms with E-state index in [1.807, 2.05) is 0 Å². The van der Waals surface area contributed by atoms with Crippen LogP contribution in [0.15, 0.2) is 71.4 Å². The lowest BCUT2D eigenvalue weighted by atomic mass is 10.1. The van der Waals surface area contributed by atoms with Crippen LogP contribution in [0.3, 0.4) is 0 Å². The fraction of sp³-hybridized carbons (Fsp3) is 0.0833. The maximum absolute atomic E-state index is 13.4. The van der Waals surface area contributed by atoms with Gasteiger partial charge in [0.2, 0.25) is 5.90 Å². The summed E-state index contributed by atoms with van der Waals surface area (Å²) in [5, 5.41) is 10.9. The molecule has 0 atom stereocenters. The summed E-state index contributed by atoms with van der Waals surface area (Å²) in [4.78, 5) is 26.8. The van der Waals surface area contributed by atoms with Crippen molar-refractivity contribution in [2.24, 2.45) is 4.99 Å². The van der Waals surface area contributed by atoms with E-state index in [4.69, 9.17) is 25.8 Å². The number of esters is 1. The third-order valence-electron chi connectivity index (χ3n) is 4.79. The SMILES string of the molecule is COc1cc(/C=C2\N=C(c3ccc([N+](=O)[O-])cc3Cl)OC2=O)ccc1OCc1cccc(F)c1. The molecule has 0 amide bonds. The molecule has 1 heterocycles. The molecule has 0 bridgehead atoms. The first-order valence-corrected chi connectivity index (χ1v) is 10.2. The third kappa shape index (κ3) is 5.05. The number of nitrogens with zero attached hydrogens (tertiary/aromatic N) is 2. The molecule has 0 radical (unpaired) electrons. The van der Waals surface area contributed by atoms with Crippen LogP contribution in [-0.2, 0) is 16.1 Å². The van der Waals surface area contributed by atoms with Gasteiger partial charge in [-0.2, -0.15) is 0 Å². The summed E-state index contributed by atoms with van der Waals surface area (Å²) in [5.74, 6) is -0.272. The second-order valence-electron chi connectivity index (χ2n) is 7.09. The maximum atomic E-state index is 13.4. The van der Waals surface area contributed by atoms with Gasteiger partial charge < -0.3 is 14.2 Å². The number of rotatable bonds is 7. The molecule has 0 N–H and O–H groups in total. The van der Waals surface area contributed by atoms with Gasteiger partial charge in [-0.3, -0.25) is 10.1 Å². The van der Waals surface area contributed by atoms with E-state index in [2.05, 4.69) is 4.99 Å². The molecular formula is C24H16ClFN2O6. The number of hydrogen-bond acceptors (Lipinski definition) is 7. The van der Waals surface area contributed by atoms with Gasteiger partial charge in [0.05, 0.1) is 22.6 Å². The second-order valence-corrected chi connectivity index (χ2v) is 7.49. The van der Waals surface area contributed by atoms with Gasteiger partial charge in [0, 0.05) is 12.1 Å². The first-order valence-electron chi connectivity index (χ1n) is 9.86. The number of halogens is 2. The molecule has 3 aromatic carbocycles. The van der Waals surface area contributed by atoms with Gasteiger partial charge in [-0.05, 0) is 47.5 Å². The van der Waals surface area contributed by atoms with E-state index >= 15 is 0 Å². The van der Waals surface area contributed by atoms with Crippen molar-refractivity contribution in [1.82, 2.24) is 0 Å². The number of nitro benzene ring substituents is 1. The maximum Gasteiger partial charge on any atom is 0.363 e. The summed E-state index contributed by atoms with van der Waals surface area (Å²) in [7, 11) is 1.47. The number of cyclic esters (lactones) is 1. The highest BCUT2D eigenvalue weighted by atomic mass is 35.5. The summed E-state index contributed by atoms with van der Waals surface area (Å²) in [6.45, 7) is 0.143. The van der Waals surface area contributed by atoms with Crippen LogP contribution in [0.5, 0.6) is 11.5 Å². The lowest BCUT2D eigenvalue weighted by Gasteiger charge is -2.11. The van der Waals surface area contributed by atoms with Crippen LogP contribution in [0.25, 0.3) is 6.08 Å². The summed E-state index contributed by atoms with van der Waals surface area (Å²) in [6, 6.07) is 14.8. The Morgan fingerprint density at radius 2 is 1.97 bits per heavy atom. The van der Waals surface area contributed by atoms with Gasteiger partial charge in [0.1, 0.15) is 12.4 Å². The zero-order valence-corrected chi connectivity index (χ0v) is 18.4. The molecule has 0 saturated heterocycles. The molecule has 3 aromatic rings. The quantitative estimate of drug-likeness (QED) is 0.195. The topological polar surface area (TPSA) is 100 Å². The highest BCUT2D eigenvalue weighted by Gasteiger charge is 2.26. The molecule has 4 rings (SSSR count). The van der Waals surface area contributed by atoms with Crippen molar-refractivity contribution in [3.63, 3.8) is 0 Å². The number of nitro groups is 1. The Bertz CT molecular complexity index is 1360. The molecule has 0 saturated carbocycles. The van der Waals surface area contributed by atoms with Gasteiger partial charge >= 0.3 is 5.97 Å². The number of hydrogen-bond donors (Lipinski definition) is 0. The standard InChI is InChI=1S/C24H16ClFN2O6/c1-32-22-11-14(5-8-21(22)33-13-15-3-2-4-16(26)9-15)10-20-24(29)34-23(27-20)18-7-6-17(28(30)31)12-19(18)25/h2-12H,13H2,1H3/b20-10-. The van der Waals surface area contributed by atoms with E-state index in [-0.39, 0.29) is 40.3 Å². The minimum Gasteiger partial charge on any atom is -0.493 e. The molecule has 0 fully saturated rings. The van der Waals surface area contributed by atoms with Crippen LogP contribution in [0, 0.1) is 15.9 Å². The highest BCUT2D eigenvalue weighted by molar-refractivity contribution is 6.34. The van der Waals surface area contributed by atoms with E-state index in [1.165, 1.54) is 37.5 Å². The summed E-state index contributed by atoms with van der Waals surface area (Å²) < 4.78 is 29.7. The Labute approximate surface area is 198 Å². The molecule has 172 valence electrons. The van der Waals surface area contributed by atoms with Crippen molar-refractivity contribution in [1.29, 1.82) is 0 Å². The van der Waals surface area contributed by atoms with Gasteiger partial charge in [0.25, 0.3) is 5.69 Å². The zero-order chi connectivity index (χ0) is 24.2. The number of carbonyl (C=O) groups is 1. The normalized spacial score (nSPS) is 14.0. The fourth-order valence-corrected chi connectivity index (χ4v) is 3.41. The molecule has 0 aromatic heterocycles. The lowest BCUT2D eigenvalue weighted by Crippen LogP contribution is -2.06. The Balaban J connectivity index is 1.55. The molecule has 0 unspecified atom stereocenters. The summed E-state index contributed by atoms with van der Waals surface area (Å²) >= 11 is 6.10. The molecule has 8 nitrogen and oxygen atoms in total. The van der Waals surface area contributed by atoms with Crippen molar-refractivity contribution in [3.05, 3.63) is 104 Å². The van der Waals surface area contributed by atoms with Crippen LogP contribution in [0.1, 0.15) is 16.7 Å². The number of carbonyl (C=O) groups excluding carboxylic acids is 1. The third-order valence-corrected chi connectivity index (χ3v) is 5.10. The van der Waals surface area contributed by atoms with Crippen molar-refractivity contribution in [3.8, 4) is 11.5 Å². The number of methoxy groups -OCH3 is 1. The smallest absolute Gasteiger partial charge is 0.363 e. The summed E-state index contributed by atoms with van der Waals surface area (Å²) in [6.07, 6.45) is 1.49. The Hall–Kier alpha value is -4.24. The monoisotopic (exact) mass is 482 g/mol. The summed E-state index contributed by atoms with van der Waals surface area (Å²) in [5.41, 5.74) is 1.32. The highest BCUT2D eigenvalue weighted by Crippen LogP contribution is 2.31. The minimum absolute atomic E-state index is 0.0138. The van der Waals surface area contributed by atoms with Crippen LogP contribution in [0.4, 0.5) is 10.1 Å². The number of benzene rings is 3. The first kappa shape index (κ1) is 22.9. The molecule has 10 heteroatoms. The largest absolute Gasteiger partial charge is 0.493 e. The Morgan fingerprint density at radius 3 is 2.68 bits per heavy atom. The Kier molecular flexibility index (Phi) is 6.55. The molecule has 1 aliphatic heterocycles. The molecular weight excluding hydrogens is 467 g/mol. The lowest BCUT2D eigenvalue weighted by molar-refractivity contribution is -0.384. The predicted molar refractivity (Wildman–Crippen MR) is 122 cm³/mol. The van der Waals surface area contributed by atoms with E-state index in [0.717, 1.165) is 6.07 Å². The van der Waals surface area contributed by atoms with E-state index in [9.17, 15) is 19.3 Å². The zero-order valence-electron chi connectivity index (χ0n) is 17.7. The van der Waals surface area contributed by atoms with Crippen molar-refractivity contribution in [2.45, 2.75) is 6.61 Å². The molecule has 0 aliphatic carbocycles. The number of aliphatic imine (C=N–C) groups is 1. The second kappa shape index (κ2) is 9.72. The first-order chi connectivity index (χ1) is 16.3. The van der Waals surface area contributed by atoms with Gasteiger partial charge in [-0.15, -0.1) is 0 Å². The van der Waals surface area contributed by atoms with E-state index < -0.39 is 10.9 Å². The molecule has 34 heavy (non-hydrogen) atoms. The van der Waals surface area contributed by atoms with Crippen LogP contribution >= 0.6 is 11.6 Å². The van der Waals surface area contributed by atoms with Crippen molar-refractivity contribution < 1.29 is 28.3 Å². The van der Waals surface area contributed by atoms with Gasteiger partial charge in [-0.25, -0.2) is 14.2 Å². The minimum atomic E-state index is -0.699.